The van der Waals surface area contributed by atoms with Gasteiger partial charge >= 0.3 is 5.97 Å². The van der Waals surface area contributed by atoms with E-state index in [1.165, 1.54) is 0 Å². The van der Waals surface area contributed by atoms with Crippen molar-refractivity contribution in [3.05, 3.63) is 28.8 Å². The molecule has 1 N–H and O–H groups in total. The van der Waals surface area contributed by atoms with Gasteiger partial charge in [0.25, 0.3) is 5.91 Å². The van der Waals surface area contributed by atoms with E-state index in [0.29, 0.717) is 17.2 Å². The third-order valence-corrected chi connectivity index (χ3v) is 4.68. The zero-order valence-corrected chi connectivity index (χ0v) is 14.3. The minimum absolute atomic E-state index is 0.0417. The van der Waals surface area contributed by atoms with Crippen LogP contribution >= 0.6 is 0 Å². The number of ether oxygens (including phenoxy) is 1. The van der Waals surface area contributed by atoms with Crippen LogP contribution in [-0.2, 0) is 4.79 Å². The topological polar surface area (TPSA) is 66.8 Å². The molecular weight excluding hydrogens is 294 g/mol. The molecule has 1 fully saturated rings. The highest BCUT2D eigenvalue weighted by molar-refractivity contribution is 5.95. The first kappa shape index (κ1) is 17.3. The predicted octanol–water partition coefficient (Wildman–Crippen LogP) is 3.03. The van der Waals surface area contributed by atoms with Gasteiger partial charge in [0.15, 0.2) is 6.61 Å². The van der Waals surface area contributed by atoms with E-state index in [4.69, 9.17) is 9.84 Å². The third-order valence-electron chi connectivity index (χ3n) is 4.68. The Morgan fingerprint density at radius 1 is 1.26 bits per heavy atom. The van der Waals surface area contributed by atoms with E-state index in [-0.39, 0.29) is 18.6 Å². The first-order valence-electron chi connectivity index (χ1n) is 8.08. The summed E-state index contributed by atoms with van der Waals surface area (Å²) in [7, 11) is 0. The fourth-order valence-corrected chi connectivity index (χ4v) is 3.22. The summed E-state index contributed by atoms with van der Waals surface area (Å²) in [5.41, 5.74) is 2.21. The maximum Gasteiger partial charge on any atom is 0.341 e. The van der Waals surface area contributed by atoms with Gasteiger partial charge in [-0.15, -0.1) is 0 Å². The molecule has 0 radical (unpaired) electrons. The Morgan fingerprint density at radius 3 is 2.43 bits per heavy atom. The van der Waals surface area contributed by atoms with Crippen molar-refractivity contribution in [3.63, 3.8) is 0 Å². The molecule has 126 valence electrons. The van der Waals surface area contributed by atoms with Crippen LogP contribution in [0.15, 0.2) is 12.1 Å². The van der Waals surface area contributed by atoms with E-state index < -0.39 is 5.97 Å². The minimum atomic E-state index is -1.01. The molecule has 1 aromatic carbocycles. The van der Waals surface area contributed by atoms with Gasteiger partial charge in [0.1, 0.15) is 5.75 Å². The van der Waals surface area contributed by atoms with E-state index in [1.807, 2.05) is 18.7 Å². The average molecular weight is 319 g/mol. The highest BCUT2D eigenvalue weighted by Gasteiger charge is 2.29. The quantitative estimate of drug-likeness (QED) is 0.926. The molecule has 0 spiro atoms. The van der Waals surface area contributed by atoms with Crippen LogP contribution in [0, 0.1) is 19.8 Å². The van der Waals surface area contributed by atoms with Crippen LogP contribution in [-0.4, -0.2) is 41.1 Å². The van der Waals surface area contributed by atoms with Crippen molar-refractivity contribution in [2.45, 2.75) is 46.6 Å². The van der Waals surface area contributed by atoms with Crippen LogP contribution in [0.3, 0.4) is 0 Å². The number of rotatable bonds is 4. The second-order valence-electron chi connectivity index (χ2n) is 6.48. The number of piperidine rings is 1. The summed E-state index contributed by atoms with van der Waals surface area (Å²) < 4.78 is 5.32. The minimum Gasteiger partial charge on any atom is -0.481 e. The molecule has 1 aliphatic rings. The summed E-state index contributed by atoms with van der Waals surface area (Å²) in [6.45, 7) is 8.37. The number of likely N-dealkylation sites (tertiary alicyclic amines) is 1. The molecule has 2 unspecified atom stereocenters. The Labute approximate surface area is 137 Å². The average Bonchev–Trinajstić information content (AvgIpc) is 2.48. The fourth-order valence-electron chi connectivity index (χ4n) is 3.22. The standard InChI is InChI=1S/C18H25NO4/c1-11-6-5-7-19(14(11)4)18(22)15-8-12(2)17(13(3)9-15)23-10-16(20)21/h8-9,11,14H,5-7,10H2,1-4H3,(H,20,21). The van der Waals surface area contributed by atoms with E-state index in [2.05, 4.69) is 13.8 Å². The molecule has 1 aromatic rings. The van der Waals surface area contributed by atoms with E-state index in [9.17, 15) is 9.59 Å². The number of carbonyl (C=O) groups excluding carboxylic acids is 1. The number of benzene rings is 1. The molecular formula is C18H25NO4. The molecule has 1 heterocycles. The smallest absolute Gasteiger partial charge is 0.341 e. The Hall–Kier alpha value is -2.04. The van der Waals surface area contributed by atoms with Crippen molar-refractivity contribution in [1.29, 1.82) is 0 Å². The van der Waals surface area contributed by atoms with Crippen LogP contribution < -0.4 is 4.74 Å². The number of carbonyl (C=O) groups is 2. The summed E-state index contributed by atoms with van der Waals surface area (Å²) in [5, 5.41) is 8.74. The van der Waals surface area contributed by atoms with E-state index in [0.717, 1.165) is 30.5 Å². The summed E-state index contributed by atoms with van der Waals surface area (Å²) in [4.78, 5) is 25.4. The number of nitrogens with zero attached hydrogens (tertiary/aromatic N) is 1. The number of amides is 1. The largest absolute Gasteiger partial charge is 0.481 e. The van der Waals surface area contributed by atoms with E-state index >= 15 is 0 Å². The zero-order chi connectivity index (χ0) is 17.1. The van der Waals surface area contributed by atoms with Crippen molar-refractivity contribution in [1.82, 2.24) is 4.90 Å². The summed E-state index contributed by atoms with van der Waals surface area (Å²) in [6, 6.07) is 3.82. The Morgan fingerprint density at radius 2 is 1.87 bits per heavy atom. The van der Waals surface area contributed by atoms with Crippen LogP contribution in [0.2, 0.25) is 0 Å². The van der Waals surface area contributed by atoms with Crippen molar-refractivity contribution < 1.29 is 19.4 Å². The van der Waals surface area contributed by atoms with E-state index in [1.54, 1.807) is 12.1 Å². The van der Waals surface area contributed by atoms with Crippen molar-refractivity contribution in [2.75, 3.05) is 13.2 Å². The SMILES string of the molecule is Cc1cc(C(=O)N2CCCC(C)C2C)cc(C)c1OCC(=O)O. The Bertz CT molecular complexity index is 588. The monoisotopic (exact) mass is 319 g/mol. The molecule has 2 atom stereocenters. The van der Waals surface area contributed by atoms with Gasteiger partial charge in [-0.25, -0.2) is 4.79 Å². The lowest BCUT2D eigenvalue weighted by Gasteiger charge is -2.38. The van der Waals surface area contributed by atoms with Crippen LogP contribution in [0.4, 0.5) is 0 Å². The van der Waals surface area contributed by atoms with Gasteiger partial charge in [-0.1, -0.05) is 6.92 Å². The maximum absolute atomic E-state index is 12.8. The molecule has 2 rings (SSSR count). The molecule has 0 aliphatic carbocycles. The first-order chi connectivity index (χ1) is 10.8. The Balaban J connectivity index is 2.23. The van der Waals surface area contributed by atoms with Gasteiger partial charge < -0.3 is 14.7 Å². The normalized spacial score (nSPS) is 21.1. The molecule has 0 bridgehead atoms. The lowest BCUT2D eigenvalue weighted by Crippen LogP contribution is -2.46. The summed E-state index contributed by atoms with van der Waals surface area (Å²) in [6.07, 6.45) is 2.19. The highest BCUT2D eigenvalue weighted by Crippen LogP contribution is 2.28. The second kappa shape index (κ2) is 7.02. The second-order valence-corrected chi connectivity index (χ2v) is 6.48. The predicted molar refractivity (Wildman–Crippen MR) is 87.9 cm³/mol. The van der Waals surface area contributed by atoms with Gasteiger partial charge in [0, 0.05) is 18.2 Å². The van der Waals surface area contributed by atoms with Crippen LogP contribution in [0.1, 0.15) is 48.2 Å². The third kappa shape index (κ3) is 3.84. The molecule has 5 nitrogen and oxygen atoms in total. The van der Waals surface area contributed by atoms with Gasteiger partial charge in [0.05, 0.1) is 0 Å². The molecule has 0 saturated carbocycles. The van der Waals surface area contributed by atoms with Gasteiger partial charge in [-0.2, -0.15) is 0 Å². The summed E-state index contributed by atoms with van der Waals surface area (Å²) >= 11 is 0. The van der Waals surface area contributed by atoms with Crippen molar-refractivity contribution in [3.8, 4) is 5.75 Å². The number of hydrogen-bond donors (Lipinski definition) is 1. The maximum atomic E-state index is 12.8. The molecule has 5 heteroatoms. The lowest BCUT2D eigenvalue weighted by molar-refractivity contribution is -0.139. The van der Waals surface area contributed by atoms with Crippen LogP contribution in [0.25, 0.3) is 0 Å². The molecule has 1 amide bonds. The van der Waals surface area contributed by atoms with Crippen LogP contribution in [0.5, 0.6) is 5.75 Å². The number of carboxylic acid groups (broad SMARTS) is 1. The van der Waals surface area contributed by atoms with Gasteiger partial charge in [-0.3, -0.25) is 4.79 Å². The van der Waals surface area contributed by atoms with Crippen molar-refractivity contribution in [2.24, 2.45) is 5.92 Å². The number of aryl methyl sites for hydroxylation is 2. The highest BCUT2D eigenvalue weighted by atomic mass is 16.5. The zero-order valence-electron chi connectivity index (χ0n) is 14.3. The number of hydrogen-bond acceptors (Lipinski definition) is 3. The lowest BCUT2D eigenvalue weighted by atomic mass is 9.91. The van der Waals surface area contributed by atoms with Crippen molar-refractivity contribution >= 4 is 11.9 Å². The number of carboxylic acids is 1. The van der Waals surface area contributed by atoms with Gasteiger partial charge in [-0.05, 0) is 62.8 Å². The Kier molecular flexibility index (Phi) is 5.29. The first-order valence-corrected chi connectivity index (χ1v) is 8.08. The molecule has 0 aromatic heterocycles. The van der Waals surface area contributed by atoms with Gasteiger partial charge in [0.2, 0.25) is 0 Å². The summed E-state index contributed by atoms with van der Waals surface area (Å²) in [5.74, 6) is 0.0807. The number of aliphatic carboxylic acids is 1. The molecule has 1 saturated heterocycles. The molecule has 23 heavy (non-hydrogen) atoms. The fraction of sp³-hybridized carbons (Fsp3) is 0.556. The molecule has 1 aliphatic heterocycles.